The normalized spacial score (nSPS) is 18.4. The molecule has 9 heteroatoms. The van der Waals surface area contributed by atoms with Crippen LogP contribution in [0.15, 0.2) is 76.5 Å². The maximum absolute atomic E-state index is 13.7. The summed E-state index contributed by atoms with van der Waals surface area (Å²) in [6.07, 6.45) is 3.30. The Hall–Kier alpha value is -3.43. The third-order valence-corrected chi connectivity index (χ3v) is 8.53. The second kappa shape index (κ2) is 9.08. The number of benzene rings is 3. The molecule has 0 aliphatic carbocycles. The number of aryl methyl sites for hydroxylation is 2. The molecule has 1 aliphatic rings. The Balaban J connectivity index is 1.92. The highest BCUT2D eigenvalue weighted by atomic mass is 32.2. The molecule has 3 aromatic carbocycles. The van der Waals surface area contributed by atoms with Crippen LogP contribution < -0.4 is 4.90 Å². The van der Waals surface area contributed by atoms with Crippen LogP contribution in [0.1, 0.15) is 27.6 Å². The number of hydrogen-bond acceptors (Lipinski definition) is 6. The quantitative estimate of drug-likeness (QED) is 0.203. The first kappa shape index (κ1) is 23.7. The van der Waals surface area contributed by atoms with E-state index in [0.29, 0.717) is 11.3 Å². The number of anilines is 1. The van der Waals surface area contributed by atoms with Crippen molar-refractivity contribution in [3.05, 3.63) is 104 Å². The van der Waals surface area contributed by atoms with Crippen molar-refractivity contribution in [3.63, 3.8) is 0 Å². The molecule has 7 nitrogen and oxygen atoms in total. The third-order valence-electron chi connectivity index (χ3n) is 5.81. The summed E-state index contributed by atoms with van der Waals surface area (Å²) >= 11 is 1.55. The van der Waals surface area contributed by atoms with Gasteiger partial charge in [0.2, 0.25) is 9.84 Å². The van der Waals surface area contributed by atoms with Crippen LogP contribution in [0.4, 0.5) is 11.4 Å². The van der Waals surface area contributed by atoms with E-state index >= 15 is 0 Å². The Kier molecular flexibility index (Phi) is 6.33. The molecule has 1 fully saturated rings. The highest BCUT2D eigenvalue weighted by molar-refractivity contribution is 7.98. The highest BCUT2D eigenvalue weighted by Gasteiger charge is 2.50. The zero-order valence-corrected chi connectivity index (χ0v) is 20.4. The fourth-order valence-corrected chi connectivity index (χ4v) is 6.14. The molecule has 0 radical (unpaired) electrons. The molecule has 1 saturated heterocycles. The number of hydrogen-bond donors (Lipinski definition) is 0. The predicted molar refractivity (Wildman–Crippen MR) is 134 cm³/mol. The molecule has 0 saturated carbocycles. The molecule has 34 heavy (non-hydrogen) atoms. The van der Waals surface area contributed by atoms with Crippen LogP contribution >= 0.6 is 11.8 Å². The van der Waals surface area contributed by atoms with Gasteiger partial charge >= 0.3 is 0 Å². The lowest BCUT2D eigenvalue weighted by Gasteiger charge is -2.24. The standard InChI is InChI=1S/C25H22N2O5S2/c1-16-7-10-20(13-17(16)2)26-24(28)23(14-18-8-11-22(33-3)12-9-18)34(31,32)25(26)19-5-4-6-21(15-19)27(29)30/h4-15,25H,1-3H3/b23-14+/t25-/m0/s1. The van der Waals surface area contributed by atoms with Gasteiger partial charge in [-0.25, -0.2) is 8.42 Å². The van der Waals surface area contributed by atoms with E-state index in [1.54, 1.807) is 36.0 Å². The molecular weight excluding hydrogens is 472 g/mol. The number of amides is 1. The van der Waals surface area contributed by atoms with Crippen LogP contribution in [0.3, 0.4) is 0 Å². The van der Waals surface area contributed by atoms with Gasteiger partial charge < -0.3 is 0 Å². The Bertz CT molecular complexity index is 1430. The van der Waals surface area contributed by atoms with Gasteiger partial charge in [-0.3, -0.25) is 19.8 Å². The zero-order valence-electron chi connectivity index (χ0n) is 18.8. The summed E-state index contributed by atoms with van der Waals surface area (Å²) in [7, 11) is -4.20. The summed E-state index contributed by atoms with van der Waals surface area (Å²) in [5, 5.41) is 9.93. The molecule has 0 aromatic heterocycles. The van der Waals surface area contributed by atoms with Crippen molar-refractivity contribution in [1.29, 1.82) is 0 Å². The van der Waals surface area contributed by atoms with E-state index in [0.717, 1.165) is 16.0 Å². The fraction of sp³-hybridized carbons (Fsp3) is 0.160. The molecule has 0 bridgehead atoms. The lowest BCUT2D eigenvalue weighted by Crippen LogP contribution is -2.29. The fourth-order valence-electron chi connectivity index (χ4n) is 3.85. The van der Waals surface area contributed by atoms with Crippen molar-refractivity contribution in [2.75, 3.05) is 11.2 Å². The van der Waals surface area contributed by atoms with Gasteiger partial charge in [-0.05, 0) is 72.7 Å². The lowest BCUT2D eigenvalue weighted by molar-refractivity contribution is -0.384. The molecule has 1 amide bonds. The van der Waals surface area contributed by atoms with E-state index in [1.807, 2.05) is 38.3 Å². The van der Waals surface area contributed by atoms with Crippen molar-refractivity contribution in [2.24, 2.45) is 0 Å². The smallest absolute Gasteiger partial charge is 0.271 e. The van der Waals surface area contributed by atoms with E-state index in [2.05, 4.69) is 0 Å². The number of nitro benzene ring substituents is 1. The largest absolute Gasteiger partial charge is 0.286 e. The predicted octanol–water partition coefficient (Wildman–Crippen LogP) is 5.43. The first-order chi connectivity index (χ1) is 16.1. The molecule has 0 spiro atoms. The highest BCUT2D eigenvalue weighted by Crippen LogP contribution is 2.44. The summed E-state index contributed by atoms with van der Waals surface area (Å²) in [5.41, 5.74) is 2.78. The summed E-state index contributed by atoms with van der Waals surface area (Å²) < 4.78 is 27.5. The van der Waals surface area contributed by atoms with E-state index in [-0.39, 0.29) is 16.2 Å². The number of nitro groups is 1. The minimum Gasteiger partial charge on any atom is -0.286 e. The molecule has 3 aromatic rings. The van der Waals surface area contributed by atoms with Crippen LogP contribution in [-0.2, 0) is 14.6 Å². The van der Waals surface area contributed by atoms with E-state index < -0.39 is 26.0 Å². The van der Waals surface area contributed by atoms with Crippen molar-refractivity contribution in [1.82, 2.24) is 0 Å². The summed E-state index contributed by atoms with van der Waals surface area (Å²) in [6, 6.07) is 17.9. The van der Waals surface area contributed by atoms with Crippen molar-refractivity contribution in [2.45, 2.75) is 24.1 Å². The average Bonchev–Trinajstić information content (AvgIpc) is 3.01. The Morgan fingerprint density at radius 3 is 2.32 bits per heavy atom. The Morgan fingerprint density at radius 2 is 1.71 bits per heavy atom. The molecule has 1 heterocycles. The maximum atomic E-state index is 13.7. The van der Waals surface area contributed by atoms with Gasteiger partial charge in [0.25, 0.3) is 11.6 Å². The van der Waals surface area contributed by atoms with Gasteiger partial charge in [0.1, 0.15) is 4.91 Å². The van der Waals surface area contributed by atoms with Gasteiger partial charge in [-0.2, -0.15) is 0 Å². The summed E-state index contributed by atoms with van der Waals surface area (Å²) in [5.74, 6) is -0.672. The first-order valence-corrected chi connectivity index (χ1v) is 13.2. The number of nitrogens with zero attached hydrogens (tertiary/aromatic N) is 2. The van der Waals surface area contributed by atoms with Crippen LogP contribution in [0.2, 0.25) is 0 Å². The maximum Gasteiger partial charge on any atom is 0.271 e. The molecule has 0 N–H and O–H groups in total. The minimum atomic E-state index is -4.20. The second-order valence-corrected chi connectivity index (χ2v) is 10.8. The molecular formula is C25H22N2O5S2. The molecule has 4 rings (SSSR count). The Labute approximate surface area is 202 Å². The van der Waals surface area contributed by atoms with Gasteiger partial charge in [0.05, 0.1) is 4.92 Å². The van der Waals surface area contributed by atoms with Gasteiger partial charge in [-0.1, -0.05) is 30.3 Å². The van der Waals surface area contributed by atoms with Crippen LogP contribution in [0.5, 0.6) is 0 Å². The lowest BCUT2D eigenvalue weighted by atomic mass is 10.1. The number of non-ortho nitro benzene ring substituents is 1. The van der Waals surface area contributed by atoms with E-state index in [1.165, 1.54) is 35.2 Å². The monoisotopic (exact) mass is 494 g/mol. The van der Waals surface area contributed by atoms with Gasteiger partial charge in [-0.15, -0.1) is 11.8 Å². The minimum absolute atomic E-state index is 0.155. The van der Waals surface area contributed by atoms with Gasteiger partial charge in [0, 0.05) is 22.7 Å². The number of thioether (sulfide) groups is 1. The number of sulfone groups is 1. The molecule has 1 aliphatic heterocycles. The van der Waals surface area contributed by atoms with Crippen LogP contribution in [0.25, 0.3) is 6.08 Å². The summed E-state index contributed by atoms with van der Waals surface area (Å²) in [6.45, 7) is 3.80. The topological polar surface area (TPSA) is 97.6 Å². The van der Waals surface area contributed by atoms with E-state index in [4.69, 9.17) is 0 Å². The van der Waals surface area contributed by atoms with Crippen molar-refractivity contribution >= 4 is 45.0 Å². The molecule has 174 valence electrons. The zero-order chi connectivity index (χ0) is 24.6. The number of rotatable bonds is 5. The average molecular weight is 495 g/mol. The number of carbonyl (C=O) groups is 1. The van der Waals surface area contributed by atoms with E-state index in [9.17, 15) is 23.3 Å². The second-order valence-electron chi connectivity index (χ2n) is 7.97. The molecule has 1 atom stereocenters. The number of carbonyl (C=O) groups excluding carboxylic acids is 1. The SMILES string of the molecule is CSc1ccc(/C=C2\C(=O)N(c3ccc(C)c(C)c3)[C@H](c3cccc([N+](=O)[O-])c3)S2(=O)=O)cc1. The van der Waals surface area contributed by atoms with Crippen molar-refractivity contribution < 1.29 is 18.1 Å². The summed E-state index contributed by atoms with van der Waals surface area (Å²) in [4.78, 5) is 26.2. The van der Waals surface area contributed by atoms with Gasteiger partial charge in [0.15, 0.2) is 5.37 Å². The first-order valence-electron chi connectivity index (χ1n) is 10.4. The Morgan fingerprint density at radius 1 is 1.00 bits per heavy atom. The third kappa shape index (κ3) is 4.24. The van der Waals surface area contributed by atoms with Crippen LogP contribution in [0, 0.1) is 24.0 Å². The molecule has 0 unspecified atom stereocenters. The van der Waals surface area contributed by atoms with Crippen molar-refractivity contribution in [3.8, 4) is 0 Å². The van der Waals surface area contributed by atoms with Crippen LogP contribution in [-0.4, -0.2) is 25.5 Å².